The number of nitrogens with one attached hydrogen (secondary N) is 1. The number of rotatable bonds is 6. The lowest BCUT2D eigenvalue weighted by Crippen LogP contribution is -2.22. The summed E-state index contributed by atoms with van der Waals surface area (Å²) >= 11 is 0. The van der Waals surface area contributed by atoms with Crippen LogP contribution in [0.3, 0.4) is 0 Å². The molecule has 0 aliphatic carbocycles. The fraction of sp³-hybridized carbons (Fsp3) is 0.357. The number of benzene rings is 1. The van der Waals surface area contributed by atoms with Gasteiger partial charge in [0.15, 0.2) is 0 Å². The van der Waals surface area contributed by atoms with Crippen molar-refractivity contribution < 1.29 is 4.79 Å². The standard InChI is InChI=1S/C14H19N5O/c1-11(5-6-15)14(20)18-13-4-2-3-12(7-13)8-19-10-16-9-17-19/h2-4,7,9-11H,5-6,8,15H2,1H3,(H,18,20). The number of aromatic nitrogens is 3. The molecule has 0 spiro atoms. The summed E-state index contributed by atoms with van der Waals surface area (Å²) in [5.74, 6) is -0.0904. The second kappa shape index (κ2) is 6.81. The van der Waals surface area contributed by atoms with E-state index in [0.717, 1.165) is 11.3 Å². The minimum Gasteiger partial charge on any atom is -0.330 e. The molecular weight excluding hydrogens is 254 g/mol. The zero-order valence-corrected chi connectivity index (χ0v) is 11.5. The highest BCUT2D eigenvalue weighted by atomic mass is 16.1. The summed E-state index contributed by atoms with van der Waals surface area (Å²) in [6.45, 7) is 3.02. The Kier molecular flexibility index (Phi) is 4.84. The van der Waals surface area contributed by atoms with Gasteiger partial charge in [0.05, 0.1) is 6.54 Å². The molecule has 1 unspecified atom stereocenters. The Balaban J connectivity index is 2.00. The maximum Gasteiger partial charge on any atom is 0.227 e. The summed E-state index contributed by atoms with van der Waals surface area (Å²) in [7, 11) is 0. The second-order valence-corrected chi connectivity index (χ2v) is 4.76. The van der Waals surface area contributed by atoms with Gasteiger partial charge in [0, 0.05) is 11.6 Å². The van der Waals surface area contributed by atoms with Gasteiger partial charge in [0.2, 0.25) is 5.91 Å². The van der Waals surface area contributed by atoms with Crippen LogP contribution in [-0.4, -0.2) is 27.2 Å². The SMILES string of the molecule is CC(CCN)C(=O)Nc1cccc(Cn2cncn2)c1. The third kappa shape index (κ3) is 3.89. The van der Waals surface area contributed by atoms with Crippen LogP contribution < -0.4 is 11.1 Å². The van der Waals surface area contributed by atoms with E-state index in [-0.39, 0.29) is 11.8 Å². The van der Waals surface area contributed by atoms with Gasteiger partial charge in [0.25, 0.3) is 0 Å². The molecule has 106 valence electrons. The summed E-state index contributed by atoms with van der Waals surface area (Å²) in [6.07, 6.45) is 3.85. The van der Waals surface area contributed by atoms with Crippen molar-refractivity contribution in [3.05, 3.63) is 42.5 Å². The third-order valence-corrected chi connectivity index (χ3v) is 3.05. The van der Waals surface area contributed by atoms with Crippen molar-refractivity contribution in [2.75, 3.05) is 11.9 Å². The molecule has 6 heteroatoms. The van der Waals surface area contributed by atoms with Gasteiger partial charge in [-0.3, -0.25) is 4.79 Å². The molecule has 1 aromatic heterocycles. The topological polar surface area (TPSA) is 85.8 Å². The maximum absolute atomic E-state index is 11.9. The molecule has 2 rings (SSSR count). The highest BCUT2D eigenvalue weighted by Crippen LogP contribution is 2.13. The van der Waals surface area contributed by atoms with E-state index in [1.54, 1.807) is 11.0 Å². The van der Waals surface area contributed by atoms with Crippen molar-refractivity contribution in [2.45, 2.75) is 19.9 Å². The molecule has 1 aromatic carbocycles. The summed E-state index contributed by atoms with van der Waals surface area (Å²) in [6, 6.07) is 7.71. The largest absolute Gasteiger partial charge is 0.330 e. The van der Waals surface area contributed by atoms with Crippen LogP contribution in [0.5, 0.6) is 0 Å². The number of amides is 1. The first kappa shape index (κ1) is 14.2. The summed E-state index contributed by atoms with van der Waals surface area (Å²) in [4.78, 5) is 15.8. The number of anilines is 1. The number of hydrogen-bond donors (Lipinski definition) is 2. The van der Waals surface area contributed by atoms with Crippen LogP contribution in [0.15, 0.2) is 36.9 Å². The fourth-order valence-electron chi connectivity index (χ4n) is 1.90. The molecule has 0 saturated heterocycles. The molecule has 0 aliphatic rings. The first-order chi connectivity index (χ1) is 9.69. The number of nitrogens with zero attached hydrogens (tertiary/aromatic N) is 3. The van der Waals surface area contributed by atoms with E-state index in [1.807, 2.05) is 31.2 Å². The number of nitrogens with two attached hydrogens (primary N) is 1. The van der Waals surface area contributed by atoms with Crippen molar-refractivity contribution >= 4 is 11.6 Å². The van der Waals surface area contributed by atoms with Gasteiger partial charge in [0.1, 0.15) is 12.7 Å². The van der Waals surface area contributed by atoms with Crippen molar-refractivity contribution in [2.24, 2.45) is 11.7 Å². The fourth-order valence-corrected chi connectivity index (χ4v) is 1.90. The highest BCUT2D eigenvalue weighted by molar-refractivity contribution is 5.92. The predicted molar refractivity (Wildman–Crippen MR) is 77.0 cm³/mol. The molecule has 0 radical (unpaired) electrons. The zero-order valence-electron chi connectivity index (χ0n) is 11.5. The van der Waals surface area contributed by atoms with Gasteiger partial charge in [-0.1, -0.05) is 19.1 Å². The van der Waals surface area contributed by atoms with E-state index in [0.29, 0.717) is 19.5 Å². The van der Waals surface area contributed by atoms with E-state index in [1.165, 1.54) is 6.33 Å². The molecule has 0 bridgehead atoms. The maximum atomic E-state index is 11.9. The lowest BCUT2D eigenvalue weighted by molar-refractivity contribution is -0.119. The van der Waals surface area contributed by atoms with Crippen molar-refractivity contribution in [1.82, 2.24) is 14.8 Å². The minimum atomic E-state index is -0.0843. The average Bonchev–Trinajstić information content (AvgIpc) is 2.92. The molecule has 2 aromatic rings. The normalized spacial score (nSPS) is 12.1. The molecule has 20 heavy (non-hydrogen) atoms. The Bertz CT molecular complexity index is 552. The smallest absolute Gasteiger partial charge is 0.227 e. The molecule has 0 saturated carbocycles. The zero-order chi connectivity index (χ0) is 14.4. The molecule has 1 heterocycles. The Morgan fingerprint density at radius 3 is 3.05 bits per heavy atom. The quantitative estimate of drug-likeness (QED) is 0.829. The molecule has 6 nitrogen and oxygen atoms in total. The van der Waals surface area contributed by atoms with E-state index >= 15 is 0 Å². The molecule has 1 atom stereocenters. The van der Waals surface area contributed by atoms with E-state index in [2.05, 4.69) is 15.4 Å². The minimum absolute atomic E-state index is 0.00615. The molecule has 0 aliphatic heterocycles. The van der Waals surface area contributed by atoms with Gasteiger partial charge in [-0.25, -0.2) is 9.67 Å². The Hall–Kier alpha value is -2.21. The number of carbonyl (C=O) groups excluding carboxylic acids is 1. The number of hydrogen-bond acceptors (Lipinski definition) is 4. The summed E-state index contributed by atoms with van der Waals surface area (Å²) in [5.41, 5.74) is 7.31. The summed E-state index contributed by atoms with van der Waals surface area (Å²) in [5, 5.41) is 6.97. The molecule has 1 amide bonds. The Morgan fingerprint density at radius 2 is 2.35 bits per heavy atom. The summed E-state index contributed by atoms with van der Waals surface area (Å²) < 4.78 is 1.73. The average molecular weight is 273 g/mol. The van der Waals surface area contributed by atoms with Crippen molar-refractivity contribution in [3.8, 4) is 0 Å². The van der Waals surface area contributed by atoms with Crippen LogP contribution in [0, 0.1) is 5.92 Å². The monoisotopic (exact) mass is 273 g/mol. The Labute approximate surface area is 118 Å². The first-order valence-corrected chi connectivity index (χ1v) is 6.61. The van der Waals surface area contributed by atoms with Crippen molar-refractivity contribution in [1.29, 1.82) is 0 Å². The lowest BCUT2D eigenvalue weighted by atomic mass is 10.1. The van der Waals surface area contributed by atoms with E-state index in [9.17, 15) is 4.79 Å². The molecule has 0 fully saturated rings. The molecule has 3 N–H and O–H groups in total. The first-order valence-electron chi connectivity index (χ1n) is 6.61. The number of carbonyl (C=O) groups is 1. The van der Waals surface area contributed by atoms with Crippen LogP contribution in [0.4, 0.5) is 5.69 Å². The second-order valence-electron chi connectivity index (χ2n) is 4.76. The van der Waals surface area contributed by atoms with Crippen molar-refractivity contribution in [3.63, 3.8) is 0 Å². The van der Waals surface area contributed by atoms with Crippen LogP contribution in [0.2, 0.25) is 0 Å². The van der Waals surface area contributed by atoms with Crippen LogP contribution in [-0.2, 0) is 11.3 Å². The lowest BCUT2D eigenvalue weighted by Gasteiger charge is -2.12. The van der Waals surface area contributed by atoms with Gasteiger partial charge in [-0.05, 0) is 30.7 Å². The van der Waals surface area contributed by atoms with E-state index in [4.69, 9.17) is 5.73 Å². The Morgan fingerprint density at radius 1 is 1.50 bits per heavy atom. The van der Waals surface area contributed by atoms with Gasteiger partial charge >= 0.3 is 0 Å². The highest BCUT2D eigenvalue weighted by Gasteiger charge is 2.12. The third-order valence-electron chi connectivity index (χ3n) is 3.05. The van der Waals surface area contributed by atoms with E-state index < -0.39 is 0 Å². The van der Waals surface area contributed by atoms with Gasteiger partial charge < -0.3 is 11.1 Å². The van der Waals surface area contributed by atoms with Crippen LogP contribution in [0.1, 0.15) is 18.9 Å². The molecular formula is C14H19N5O. The van der Waals surface area contributed by atoms with Crippen LogP contribution in [0.25, 0.3) is 0 Å². The van der Waals surface area contributed by atoms with Gasteiger partial charge in [-0.2, -0.15) is 5.10 Å². The predicted octanol–water partition coefficient (Wildman–Crippen LogP) is 1.25. The van der Waals surface area contributed by atoms with Gasteiger partial charge in [-0.15, -0.1) is 0 Å². The van der Waals surface area contributed by atoms with Crippen LogP contribution >= 0.6 is 0 Å².